The van der Waals surface area contributed by atoms with Crippen LogP contribution in [0.2, 0.25) is 0 Å². The molecule has 3 aliphatic rings. The molecule has 3 aromatic heterocycles. The van der Waals surface area contributed by atoms with Crippen LogP contribution in [0.25, 0.3) is 21.3 Å². The van der Waals surface area contributed by atoms with E-state index in [9.17, 15) is 0 Å². The molecular formula is C27H32N6O2S. The van der Waals surface area contributed by atoms with Crippen molar-refractivity contribution in [3.05, 3.63) is 42.4 Å². The Hall–Kier alpha value is -2.75. The Morgan fingerprint density at radius 2 is 1.97 bits per heavy atom. The molecule has 0 radical (unpaired) electrons. The number of ether oxygens (including phenoxy) is 2. The number of aromatic nitrogens is 4. The zero-order chi connectivity index (χ0) is 24.7. The molecule has 1 aliphatic heterocycles. The molecular weight excluding hydrogens is 472 g/mol. The third kappa shape index (κ3) is 3.51. The van der Waals surface area contributed by atoms with Crippen LogP contribution >= 0.6 is 11.3 Å². The molecule has 9 heteroatoms. The molecule has 4 N–H and O–H groups in total. The molecule has 36 heavy (non-hydrogen) atoms. The number of aryl methyl sites for hydroxylation is 1. The number of benzene rings is 1. The van der Waals surface area contributed by atoms with Crippen molar-refractivity contribution in [3.63, 3.8) is 0 Å². The molecule has 8 nitrogen and oxygen atoms in total. The van der Waals surface area contributed by atoms with Gasteiger partial charge in [0.05, 0.1) is 27.7 Å². The van der Waals surface area contributed by atoms with Crippen LogP contribution in [0, 0.1) is 11.3 Å². The van der Waals surface area contributed by atoms with Gasteiger partial charge in [0.25, 0.3) is 0 Å². The monoisotopic (exact) mass is 504 g/mol. The summed E-state index contributed by atoms with van der Waals surface area (Å²) in [5, 5.41) is 1.54. The summed E-state index contributed by atoms with van der Waals surface area (Å²) in [6.45, 7) is 4.07. The number of fused-ring (bicyclic) bond motifs is 4. The van der Waals surface area contributed by atoms with Crippen molar-refractivity contribution >= 4 is 43.5 Å². The van der Waals surface area contributed by atoms with E-state index in [1.807, 2.05) is 19.9 Å². The van der Waals surface area contributed by atoms with Crippen molar-refractivity contribution in [2.24, 2.45) is 11.3 Å². The number of nitrogens with zero attached hydrogens (tertiary/aromatic N) is 4. The maximum atomic E-state index is 6.55. The first-order chi connectivity index (χ1) is 17.3. The molecule has 3 fully saturated rings. The summed E-state index contributed by atoms with van der Waals surface area (Å²) in [4.78, 5) is 13.2. The number of hydrogen-bond acceptors (Lipinski definition) is 8. The quantitative estimate of drug-likeness (QED) is 0.389. The van der Waals surface area contributed by atoms with Crippen LogP contribution in [-0.2, 0) is 15.9 Å². The lowest BCUT2D eigenvalue weighted by Crippen LogP contribution is -2.46. The molecule has 0 amide bonds. The van der Waals surface area contributed by atoms with Crippen LogP contribution in [0.1, 0.15) is 57.6 Å². The average Bonchev–Trinajstić information content (AvgIpc) is 3.54. The zero-order valence-corrected chi connectivity index (χ0v) is 21.5. The van der Waals surface area contributed by atoms with Crippen molar-refractivity contribution in [1.29, 1.82) is 0 Å². The minimum atomic E-state index is -0.569. The normalized spacial score (nSPS) is 30.8. The second-order valence-electron chi connectivity index (χ2n) is 11.4. The highest BCUT2D eigenvalue weighted by atomic mass is 32.1. The first-order valence-electron chi connectivity index (χ1n) is 12.9. The number of hydrogen-bond donors (Lipinski definition) is 2. The topological polar surface area (TPSA) is 114 Å². The van der Waals surface area contributed by atoms with Crippen molar-refractivity contribution in [2.75, 3.05) is 11.5 Å². The van der Waals surface area contributed by atoms with Crippen LogP contribution in [0.4, 0.5) is 10.9 Å². The standard InChI is InChI=1S/C27H32N6O2S/c1-26(2)34-21-19(33-9-8-17-23(28)30-14-31-24(17)33)13-27(22(21)35-26)11-16(12-27)5-3-4-15-6-7-20-18(10-15)32-25(29)36-20/h6-10,14,16,19,21-22H,3-5,11-13H2,1-2H3,(H2,29,32)(H2,28,30,31)/t16?,19-,21+,22+,27?/m1/s1. The Bertz CT molecular complexity index is 1460. The van der Waals surface area contributed by atoms with Crippen molar-refractivity contribution in [3.8, 4) is 0 Å². The second kappa shape index (κ2) is 7.87. The van der Waals surface area contributed by atoms with E-state index in [-0.39, 0.29) is 23.7 Å². The van der Waals surface area contributed by atoms with Crippen molar-refractivity contribution in [1.82, 2.24) is 19.5 Å². The van der Waals surface area contributed by atoms with Gasteiger partial charge in [0.2, 0.25) is 0 Å². The maximum Gasteiger partial charge on any atom is 0.181 e. The molecule has 7 rings (SSSR count). The predicted octanol–water partition coefficient (Wildman–Crippen LogP) is 5.09. The van der Waals surface area contributed by atoms with Gasteiger partial charge >= 0.3 is 0 Å². The molecule has 0 unspecified atom stereocenters. The fourth-order valence-corrected chi connectivity index (χ4v) is 7.86. The fourth-order valence-electron chi connectivity index (χ4n) is 7.14. The van der Waals surface area contributed by atoms with Gasteiger partial charge in [0.15, 0.2) is 10.9 Å². The van der Waals surface area contributed by atoms with E-state index in [0.29, 0.717) is 10.9 Å². The third-order valence-corrected chi connectivity index (χ3v) is 9.43. The summed E-state index contributed by atoms with van der Waals surface area (Å²) < 4.78 is 16.5. The maximum absolute atomic E-state index is 6.55. The highest BCUT2D eigenvalue weighted by Crippen LogP contribution is 2.64. The van der Waals surface area contributed by atoms with Crippen molar-refractivity contribution < 1.29 is 9.47 Å². The summed E-state index contributed by atoms with van der Waals surface area (Å²) in [6.07, 6.45) is 10.7. The summed E-state index contributed by atoms with van der Waals surface area (Å²) in [5.74, 6) is 0.684. The van der Waals surface area contributed by atoms with Crippen molar-refractivity contribution in [2.45, 2.75) is 76.4 Å². The smallest absolute Gasteiger partial charge is 0.181 e. The van der Waals surface area contributed by atoms with Crippen LogP contribution in [0.15, 0.2) is 36.8 Å². The molecule has 188 valence electrons. The average molecular weight is 505 g/mol. The van der Waals surface area contributed by atoms with Gasteiger partial charge in [-0.2, -0.15) is 0 Å². The Kier molecular flexibility index (Phi) is 4.91. The first-order valence-corrected chi connectivity index (χ1v) is 13.7. The molecule has 4 heterocycles. The molecule has 1 aromatic carbocycles. The van der Waals surface area contributed by atoms with Gasteiger partial charge in [-0.3, -0.25) is 0 Å². The molecule has 4 aromatic rings. The Morgan fingerprint density at radius 3 is 2.83 bits per heavy atom. The second-order valence-corrected chi connectivity index (χ2v) is 12.5. The Labute approximate surface area is 214 Å². The number of nitrogens with two attached hydrogens (primary N) is 2. The van der Waals surface area contributed by atoms with Crippen LogP contribution in [0.5, 0.6) is 0 Å². The summed E-state index contributed by atoms with van der Waals surface area (Å²) in [6, 6.07) is 8.77. The summed E-state index contributed by atoms with van der Waals surface area (Å²) >= 11 is 1.55. The molecule has 1 spiro atoms. The van der Waals surface area contributed by atoms with Gasteiger partial charge in [0.1, 0.15) is 23.9 Å². The summed E-state index contributed by atoms with van der Waals surface area (Å²) in [5.41, 5.74) is 15.4. The summed E-state index contributed by atoms with van der Waals surface area (Å²) in [7, 11) is 0. The lowest BCUT2D eigenvalue weighted by atomic mass is 9.58. The highest BCUT2D eigenvalue weighted by Gasteiger charge is 2.65. The van der Waals surface area contributed by atoms with Gasteiger partial charge in [-0.05, 0) is 75.6 Å². The highest BCUT2D eigenvalue weighted by molar-refractivity contribution is 7.22. The lowest BCUT2D eigenvalue weighted by molar-refractivity contribution is -0.182. The van der Waals surface area contributed by atoms with Crippen LogP contribution in [0.3, 0.4) is 0 Å². The van der Waals surface area contributed by atoms with E-state index < -0.39 is 5.79 Å². The lowest BCUT2D eigenvalue weighted by Gasteiger charge is -2.49. The van der Waals surface area contributed by atoms with Gasteiger partial charge in [0, 0.05) is 11.6 Å². The predicted molar refractivity (Wildman–Crippen MR) is 142 cm³/mol. The molecule has 1 saturated heterocycles. The van der Waals surface area contributed by atoms with Crippen LogP contribution in [-0.4, -0.2) is 37.5 Å². The van der Waals surface area contributed by atoms with Gasteiger partial charge in [-0.25, -0.2) is 15.0 Å². The van der Waals surface area contributed by atoms with E-state index in [1.165, 1.54) is 31.2 Å². The SMILES string of the molecule is CC1(C)O[C@H]2[C@H](n3ccc4c(N)ncnc43)CC3(CC(CCCc4ccc5sc(N)nc5c4)C3)[C@H]2O1. The minimum absolute atomic E-state index is 0.0185. The molecule has 2 aliphatic carbocycles. The molecule has 2 saturated carbocycles. The van der Waals surface area contributed by atoms with E-state index in [0.717, 1.165) is 40.0 Å². The fraction of sp³-hybridized carbons (Fsp3) is 0.519. The third-order valence-electron chi connectivity index (χ3n) is 8.56. The number of rotatable bonds is 5. The largest absolute Gasteiger partial charge is 0.383 e. The van der Waals surface area contributed by atoms with Gasteiger partial charge in [-0.15, -0.1) is 0 Å². The number of nitrogen functional groups attached to an aromatic ring is 2. The molecule has 0 bridgehead atoms. The van der Waals surface area contributed by atoms with Gasteiger partial charge in [-0.1, -0.05) is 23.8 Å². The van der Waals surface area contributed by atoms with E-state index in [4.69, 9.17) is 20.9 Å². The first kappa shape index (κ1) is 22.4. The zero-order valence-electron chi connectivity index (χ0n) is 20.7. The molecule has 3 atom stereocenters. The number of anilines is 2. The Balaban J connectivity index is 1.05. The van der Waals surface area contributed by atoms with E-state index in [2.05, 4.69) is 43.9 Å². The van der Waals surface area contributed by atoms with Crippen LogP contribution < -0.4 is 11.5 Å². The van der Waals surface area contributed by atoms with Gasteiger partial charge < -0.3 is 25.5 Å². The van der Waals surface area contributed by atoms with E-state index >= 15 is 0 Å². The Morgan fingerprint density at radius 1 is 1.11 bits per heavy atom. The van der Waals surface area contributed by atoms with E-state index in [1.54, 1.807) is 17.7 Å². The number of thiazole rings is 1. The minimum Gasteiger partial charge on any atom is -0.383 e.